The summed E-state index contributed by atoms with van der Waals surface area (Å²) in [5.41, 5.74) is 3.55. The molecule has 32 heavy (non-hydrogen) atoms. The van der Waals surface area contributed by atoms with Crippen LogP contribution < -0.4 is 0 Å². The molecule has 1 nitrogen and oxygen atoms in total. The number of aryl methyl sites for hydroxylation is 1. The Morgan fingerprint density at radius 3 is 2.03 bits per heavy atom. The highest BCUT2D eigenvalue weighted by atomic mass is 16.3. The molecule has 0 spiro atoms. The first-order chi connectivity index (χ1) is 14.9. The maximum absolute atomic E-state index is 11.0. The average Bonchev–Trinajstić information content (AvgIpc) is 2.70. The number of aromatic hydroxyl groups is 1. The molecule has 1 heteroatoms. The molecule has 0 bridgehead atoms. The summed E-state index contributed by atoms with van der Waals surface area (Å²) in [6.45, 7) is 18.2. The summed E-state index contributed by atoms with van der Waals surface area (Å²) in [5.74, 6) is 5.28. The van der Waals surface area contributed by atoms with E-state index in [1.165, 1.54) is 63.4 Å². The predicted molar refractivity (Wildman–Crippen MR) is 140 cm³/mol. The molecule has 2 aliphatic rings. The molecule has 0 amide bonds. The lowest BCUT2D eigenvalue weighted by molar-refractivity contribution is 0.0739. The largest absolute Gasteiger partial charge is 0.507 e. The van der Waals surface area contributed by atoms with Crippen molar-refractivity contribution < 1.29 is 5.11 Å². The fourth-order valence-corrected chi connectivity index (χ4v) is 6.83. The van der Waals surface area contributed by atoms with Crippen molar-refractivity contribution in [3.63, 3.8) is 0 Å². The normalized spacial score (nSPS) is 27.8. The Bertz CT molecular complexity index is 712. The number of hydrogen-bond acceptors (Lipinski definition) is 1. The second kappa shape index (κ2) is 10.1. The Hall–Kier alpha value is -0.980. The number of fused-ring (bicyclic) bond motifs is 1. The van der Waals surface area contributed by atoms with E-state index in [1.807, 2.05) is 0 Å². The van der Waals surface area contributed by atoms with E-state index in [1.54, 1.807) is 0 Å². The third kappa shape index (κ3) is 6.12. The third-order valence-corrected chi connectivity index (χ3v) is 8.94. The summed E-state index contributed by atoms with van der Waals surface area (Å²) >= 11 is 0. The van der Waals surface area contributed by atoms with Gasteiger partial charge in [0.15, 0.2) is 0 Å². The zero-order valence-electron chi connectivity index (χ0n) is 22.6. The standard InChI is InChI=1S/C31H52O/c1-9-10-22-13-14-24-15-16-25(20-26(24)17-22)21(2)11-12-23-18-27(30(3,4)5)29(32)28(19-23)31(6,7)8/h18-19,21-22,24-26,32H,9-17,20H2,1-8H3. The summed E-state index contributed by atoms with van der Waals surface area (Å²) in [7, 11) is 0. The minimum Gasteiger partial charge on any atom is -0.507 e. The first-order valence-electron chi connectivity index (χ1n) is 13.8. The molecule has 0 aliphatic heterocycles. The summed E-state index contributed by atoms with van der Waals surface area (Å²) in [4.78, 5) is 0. The van der Waals surface area contributed by atoms with E-state index < -0.39 is 0 Å². The molecule has 2 aliphatic carbocycles. The van der Waals surface area contributed by atoms with E-state index in [2.05, 4.69) is 67.5 Å². The van der Waals surface area contributed by atoms with Crippen LogP contribution in [0.5, 0.6) is 5.75 Å². The molecule has 2 saturated carbocycles. The first-order valence-corrected chi connectivity index (χ1v) is 13.8. The van der Waals surface area contributed by atoms with Crippen LogP contribution >= 0.6 is 0 Å². The molecule has 0 aromatic heterocycles. The Morgan fingerprint density at radius 1 is 0.875 bits per heavy atom. The van der Waals surface area contributed by atoms with Crippen molar-refractivity contribution in [2.24, 2.45) is 29.6 Å². The van der Waals surface area contributed by atoms with Crippen molar-refractivity contribution >= 4 is 0 Å². The molecule has 5 atom stereocenters. The van der Waals surface area contributed by atoms with E-state index in [9.17, 15) is 5.11 Å². The molecule has 1 aromatic rings. The predicted octanol–water partition coefficient (Wildman–Crippen LogP) is 9.19. The average molecular weight is 441 g/mol. The van der Waals surface area contributed by atoms with Gasteiger partial charge in [-0.05, 0) is 102 Å². The Kier molecular flexibility index (Phi) is 8.10. The summed E-state index contributed by atoms with van der Waals surface area (Å²) in [6, 6.07) is 4.59. The maximum atomic E-state index is 11.0. The van der Waals surface area contributed by atoms with Crippen LogP contribution in [-0.2, 0) is 17.3 Å². The minimum absolute atomic E-state index is 0.0416. The van der Waals surface area contributed by atoms with Gasteiger partial charge in [0, 0.05) is 0 Å². The van der Waals surface area contributed by atoms with Gasteiger partial charge in [-0.25, -0.2) is 0 Å². The highest BCUT2D eigenvalue weighted by Gasteiger charge is 2.36. The van der Waals surface area contributed by atoms with Crippen LogP contribution in [0, 0.1) is 29.6 Å². The van der Waals surface area contributed by atoms with Crippen molar-refractivity contribution in [3.05, 3.63) is 28.8 Å². The van der Waals surface area contributed by atoms with Crippen molar-refractivity contribution in [2.45, 2.75) is 130 Å². The van der Waals surface area contributed by atoms with Gasteiger partial charge in [-0.3, -0.25) is 0 Å². The van der Waals surface area contributed by atoms with Gasteiger partial charge in [0.25, 0.3) is 0 Å². The number of phenols is 1. The molecule has 0 radical (unpaired) electrons. The summed E-state index contributed by atoms with van der Waals surface area (Å²) < 4.78 is 0. The zero-order valence-corrected chi connectivity index (χ0v) is 22.6. The van der Waals surface area contributed by atoms with Crippen LogP contribution in [0.4, 0.5) is 0 Å². The smallest absolute Gasteiger partial charge is 0.123 e. The quantitative estimate of drug-likeness (QED) is 0.467. The molecular weight excluding hydrogens is 388 g/mol. The molecule has 5 unspecified atom stereocenters. The fourth-order valence-electron chi connectivity index (χ4n) is 6.83. The molecule has 1 aromatic carbocycles. The first kappa shape index (κ1) is 25.6. The van der Waals surface area contributed by atoms with Crippen molar-refractivity contribution in [1.82, 2.24) is 0 Å². The van der Waals surface area contributed by atoms with Gasteiger partial charge >= 0.3 is 0 Å². The summed E-state index contributed by atoms with van der Waals surface area (Å²) in [5, 5.41) is 11.0. The van der Waals surface area contributed by atoms with Crippen molar-refractivity contribution in [1.29, 1.82) is 0 Å². The molecule has 1 N–H and O–H groups in total. The van der Waals surface area contributed by atoms with Gasteiger partial charge in [0.2, 0.25) is 0 Å². The van der Waals surface area contributed by atoms with E-state index in [0.29, 0.717) is 5.75 Å². The van der Waals surface area contributed by atoms with Gasteiger partial charge in [0.1, 0.15) is 5.75 Å². The molecule has 2 fully saturated rings. The lowest BCUT2D eigenvalue weighted by Gasteiger charge is -2.44. The Morgan fingerprint density at radius 2 is 1.47 bits per heavy atom. The Balaban J connectivity index is 1.67. The lowest BCUT2D eigenvalue weighted by Crippen LogP contribution is -2.33. The number of benzene rings is 1. The van der Waals surface area contributed by atoms with Crippen molar-refractivity contribution in [3.8, 4) is 5.75 Å². The Labute approximate surface area is 199 Å². The number of hydrogen-bond donors (Lipinski definition) is 1. The maximum Gasteiger partial charge on any atom is 0.123 e. The van der Waals surface area contributed by atoms with Crippen LogP contribution in [0.1, 0.15) is 130 Å². The van der Waals surface area contributed by atoms with Crippen LogP contribution in [0.2, 0.25) is 0 Å². The van der Waals surface area contributed by atoms with Crippen LogP contribution in [0.25, 0.3) is 0 Å². The lowest BCUT2D eigenvalue weighted by atomic mass is 9.62. The number of phenolic OH excluding ortho intramolecular Hbond substituents is 1. The van der Waals surface area contributed by atoms with Gasteiger partial charge < -0.3 is 5.11 Å². The zero-order chi connectivity index (χ0) is 23.7. The van der Waals surface area contributed by atoms with Gasteiger partial charge in [-0.2, -0.15) is 0 Å². The monoisotopic (exact) mass is 440 g/mol. The molecule has 3 rings (SSSR count). The van der Waals surface area contributed by atoms with Gasteiger partial charge in [0.05, 0.1) is 0 Å². The van der Waals surface area contributed by atoms with Crippen LogP contribution in [0.15, 0.2) is 12.1 Å². The topological polar surface area (TPSA) is 20.2 Å². The number of rotatable bonds is 6. The minimum atomic E-state index is -0.0416. The molecule has 0 heterocycles. The summed E-state index contributed by atoms with van der Waals surface area (Å²) in [6.07, 6.45) is 14.2. The van der Waals surface area contributed by atoms with E-state index in [4.69, 9.17) is 0 Å². The van der Waals surface area contributed by atoms with Crippen LogP contribution in [-0.4, -0.2) is 5.11 Å². The fraction of sp³-hybridized carbons (Fsp3) is 0.806. The SMILES string of the molecule is CCCC1CCC2CCC(C(C)CCc3cc(C(C)(C)C)c(O)c(C(C)(C)C)c3)CC2C1. The van der Waals surface area contributed by atoms with Gasteiger partial charge in [-0.15, -0.1) is 0 Å². The second-order valence-electron chi connectivity index (χ2n) is 13.6. The highest BCUT2D eigenvalue weighted by Crippen LogP contribution is 2.48. The van der Waals surface area contributed by atoms with Crippen LogP contribution in [0.3, 0.4) is 0 Å². The highest BCUT2D eigenvalue weighted by molar-refractivity contribution is 5.49. The van der Waals surface area contributed by atoms with E-state index in [0.717, 1.165) is 47.1 Å². The van der Waals surface area contributed by atoms with E-state index >= 15 is 0 Å². The van der Waals surface area contributed by atoms with E-state index in [-0.39, 0.29) is 10.8 Å². The molecule has 182 valence electrons. The third-order valence-electron chi connectivity index (χ3n) is 8.94. The van der Waals surface area contributed by atoms with Crippen molar-refractivity contribution in [2.75, 3.05) is 0 Å². The van der Waals surface area contributed by atoms with Gasteiger partial charge in [-0.1, -0.05) is 86.8 Å². The molecule has 0 saturated heterocycles. The molecular formula is C31H52O. The second-order valence-corrected chi connectivity index (χ2v) is 13.6.